The molecule has 0 saturated heterocycles. The Hall–Kier alpha value is -0.600. The molecular formula is C16H25ClFN. The van der Waals surface area contributed by atoms with Gasteiger partial charge in [-0.05, 0) is 24.1 Å². The standard InChI is InChI=1S/C16H25ClFN/c1-2-3-4-5-6-7-8-9-16(19)13-10-11-14(17)15(18)12-13/h10-12,16H,2-9,19H2,1H3. The van der Waals surface area contributed by atoms with Crippen LogP contribution in [0.1, 0.15) is 69.9 Å². The summed E-state index contributed by atoms with van der Waals surface area (Å²) in [4.78, 5) is 0. The molecule has 0 bridgehead atoms. The van der Waals surface area contributed by atoms with Gasteiger partial charge >= 0.3 is 0 Å². The minimum Gasteiger partial charge on any atom is -0.324 e. The van der Waals surface area contributed by atoms with Gasteiger partial charge in [0.25, 0.3) is 0 Å². The first-order valence-electron chi connectivity index (χ1n) is 7.35. The van der Waals surface area contributed by atoms with Gasteiger partial charge in [0, 0.05) is 6.04 Å². The molecule has 0 heterocycles. The molecule has 0 aliphatic heterocycles. The summed E-state index contributed by atoms with van der Waals surface area (Å²) in [6.07, 6.45) is 9.79. The maximum absolute atomic E-state index is 13.3. The van der Waals surface area contributed by atoms with Crippen molar-refractivity contribution >= 4 is 11.6 Å². The van der Waals surface area contributed by atoms with Crippen LogP contribution < -0.4 is 5.73 Å². The first kappa shape index (κ1) is 16.5. The SMILES string of the molecule is CCCCCCCCCC(N)c1ccc(Cl)c(F)c1. The van der Waals surface area contributed by atoms with Crippen molar-refractivity contribution in [1.82, 2.24) is 0 Å². The summed E-state index contributed by atoms with van der Waals surface area (Å²) < 4.78 is 13.3. The van der Waals surface area contributed by atoms with Crippen molar-refractivity contribution in [1.29, 1.82) is 0 Å². The van der Waals surface area contributed by atoms with Crippen LogP contribution in [0.25, 0.3) is 0 Å². The molecule has 1 atom stereocenters. The number of benzene rings is 1. The van der Waals surface area contributed by atoms with E-state index < -0.39 is 0 Å². The highest BCUT2D eigenvalue weighted by atomic mass is 35.5. The Morgan fingerprint density at radius 2 is 1.74 bits per heavy atom. The molecule has 0 spiro atoms. The van der Waals surface area contributed by atoms with Gasteiger partial charge in [0.05, 0.1) is 5.02 Å². The van der Waals surface area contributed by atoms with Crippen LogP contribution in [-0.4, -0.2) is 0 Å². The molecule has 108 valence electrons. The summed E-state index contributed by atoms with van der Waals surface area (Å²) in [5.74, 6) is -0.380. The second-order valence-corrected chi connectivity index (χ2v) is 5.60. The highest BCUT2D eigenvalue weighted by Crippen LogP contribution is 2.22. The van der Waals surface area contributed by atoms with E-state index in [1.807, 2.05) is 6.07 Å². The van der Waals surface area contributed by atoms with Crippen molar-refractivity contribution < 1.29 is 4.39 Å². The molecule has 2 N–H and O–H groups in total. The number of hydrogen-bond acceptors (Lipinski definition) is 1. The van der Waals surface area contributed by atoms with E-state index >= 15 is 0 Å². The van der Waals surface area contributed by atoms with E-state index in [1.165, 1.54) is 44.6 Å². The van der Waals surface area contributed by atoms with Crippen LogP contribution >= 0.6 is 11.6 Å². The molecule has 1 rings (SSSR count). The molecule has 0 amide bonds. The second kappa shape index (κ2) is 9.33. The fraction of sp³-hybridized carbons (Fsp3) is 0.625. The van der Waals surface area contributed by atoms with Crippen LogP contribution in [0.2, 0.25) is 5.02 Å². The number of unbranched alkanes of at least 4 members (excludes halogenated alkanes) is 6. The van der Waals surface area contributed by atoms with E-state index in [9.17, 15) is 4.39 Å². The molecule has 3 heteroatoms. The monoisotopic (exact) mass is 285 g/mol. The highest BCUT2D eigenvalue weighted by Gasteiger charge is 2.08. The Bertz CT molecular complexity index is 368. The van der Waals surface area contributed by atoms with Crippen LogP contribution in [0.4, 0.5) is 4.39 Å². The van der Waals surface area contributed by atoms with E-state index in [0.29, 0.717) is 0 Å². The second-order valence-electron chi connectivity index (χ2n) is 5.19. The highest BCUT2D eigenvalue weighted by molar-refractivity contribution is 6.30. The first-order chi connectivity index (χ1) is 9.15. The zero-order valence-electron chi connectivity index (χ0n) is 11.8. The lowest BCUT2D eigenvalue weighted by atomic mass is 10.00. The summed E-state index contributed by atoms with van der Waals surface area (Å²) in [5.41, 5.74) is 6.91. The lowest BCUT2D eigenvalue weighted by Gasteiger charge is -2.12. The number of hydrogen-bond donors (Lipinski definition) is 1. The van der Waals surface area contributed by atoms with Crippen molar-refractivity contribution in [2.75, 3.05) is 0 Å². The van der Waals surface area contributed by atoms with Crippen LogP contribution in [0.15, 0.2) is 18.2 Å². The first-order valence-corrected chi connectivity index (χ1v) is 7.73. The molecule has 0 aromatic heterocycles. The van der Waals surface area contributed by atoms with Gasteiger partial charge in [0.2, 0.25) is 0 Å². The average molecular weight is 286 g/mol. The Balaban J connectivity index is 2.20. The van der Waals surface area contributed by atoms with E-state index in [1.54, 1.807) is 6.07 Å². The molecular weight excluding hydrogens is 261 g/mol. The van der Waals surface area contributed by atoms with Crippen molar-refractivity contribution in [3.8, 4) is 0 Å². The maximum atomic E-state index is 13.3. The molecule has 19 heavy (non-hydrogen) atoms. The van der Waals surface area contributed by atoms with Gasteiger partial charge in [-0.1, -0.05) is 69.5 Å². The summed E-state index contributed by atoms with van der Waals surface area (Å²) in [7, 11) is 0. The summed E-state index contributed by atoms with van der Waals surface area (Å²) >= 11 is 5.66. The number of rotatable bonds is 9. The molecule has 0 aliphatic carbocycles. The predicted molar refractivity (Wildman–Crippen MR) is 80.9 cm³/mol. The van der Waals surface area contributed by atoms with Gasteiger partial charge in [0.15, 0.2) is 0 Å². The summed E-state index contributed by atoms with van der Waals surface area (Å²) in [5, 5.41) is 0.159. The maximum Gasteiger partial charge on any atom is 0.142 e. The Morgan fingerprint density at radius 3 is 2.37 bits per heavy atom. The molecule has 1 aromatic carbocycles. The lowest BCUT2D eigenvalue weighted by molar-refractivity contribution is 0.538. The van der Waals surface area contributed by atoms with Gasteiger partial charge in [-0.3, -0.25) is 0 Å². The summed E-state index contributed by atoms with van der Waals surface area (Å²) in [6, 6.07) is 4.77. The van der Waals surface area contributed by atoms with E-state index in [4.69, 9.17) is 17.3 Å². The summed E-state index contributed by atoms with van der Waals surface area (Å²) in [6.45, 7) is 2.23. The van der Waals surface area contributed by atoms with Gasteiger partial charge in [-0.15, -0.1) is 0 Å². The van der Waals surface area contributed by atoms with Crippen LogP contribution in [0, 0.1) is 5.82 Å². The van der Waals surface area contributed by atoms with E-state index in [0.717, 1.165) is 18.4 Å². The third-order valence-electron chi connectivity index (χ3n) is 3.49. The molecule has 0 radical (unpaired) electrons. The fourth-order valence-corrected chi connectivity index (χ4v) is 2.35. The molecule has 1 nitrogen and oxygen atoms in total. The van der Waals surface area contributed by atoms with Gasteiger partial charge < -0.3 is 5.73 Å². The van der Waals surface area contributed by atoms with Crippen LogP contribution in [0.5, 0.6) is 0 Å². The van der Waals surface area contributed by atoms with Crippen molar-refractivity contribution in [3.63, 3.8) is 0 Å². The molecule has 1 aromatic rings. The normalized spacial score (nSPS) is 12.6. The number of halogens is 2. The smallest absolute Gasteiger partial charge is 0.142 e. The predicted octanol–water partition coefficient (Wildman–Crippen LogP) is 5.62. The minimum atomic E-state index is -0.380. The molecule has 0 aliphatic rings. The third kappa shape index (κ3) is 6.40. The topological polar surface area (TPSA) is 26.0 Å². The Labute approximate surface area is 121 Å². The third-order valence-corrected chi connectivity index (χ3v) is 3.80. The quantitative estimate of drug-likeness (QED) is 0.586. The minimum absolute atomic E-state index is 0.0811. The van der Waals surface area contributed by atoms with E-state index in [-0.39, 0.29) is 16.9 Å². The zero-order chi connectivity index (χ0) is 14.1. The van der Waals surface area contributed by atoms with E-state index in [2.05, 4.69) is 6.92 Å². The molecule has 0 fully saturated rings. The van der Waals surface area contributed by atoms with Gasteiger partial charge in [-0.2, -0.15) is 0 Å². The Morgan fingerprint density at radius 1 is 1.11 bits per heavy atom. The Kier molecular flexibility index (Phi) is 8.08. The largest absolute Gasteiger partial charge is 0.324 e. The zero-order valence-corrected chi connectivity index (χ0v) is 12.6. The average Bonchev–Trinajstić information content (AvgIpc) is 2.40. The molecule has 1 unspecified atom stereocenters. The fourth-order valence-electron chi connectivity index (χ4n) is 2.23. The van der Waals surface area contributed by atoms with Crippen LogP contribution in [0.3, 0.4) is 0 Å². The number of nitrogens with two attached hydrogens (primary N) is 1. The lowest BCUT2D eigenvalue weighted by Crippen LogP contribution is -2.10. The molecule has 0 saturated carbocycles. The van der Waals surface area contributed by atoms with Crippen molar-refractivity contribution in [2.24, 2.45) is 5.73 Å². The van der Waals surface area contributed by atoms with Gasteiger partial charge in [-0.25, -0.2) is 4.39 Å². The van der Waals surface area contributed by atoms with Crippen molar-refractivity contribution in [2.45, 2.75) is 64.3 Å². The van der Waals surface area contributed by atoms with Gasteiger partial charge in [0.1, 0.15) is 5.82 Å². The van der Waals surface area contributed by atoms with Crippen molar-refractivity contribution in [3.05, 3.63) is 34.6 Å². The van der Waals surface area contributed by atoms with Crippen LogP contribution in [-0.2, 0) is 0 Å².